The van der Waals surface area contributed by atoms with E-state index < -0.39 is 19.6 Å². The molecule has 0 amide bonds. The number of hydrogen-bond acceptors (Lipinski definition) is 0. The third kappa shape index (κ3) is 4.65. The summed E-state index contributed by atoms with van der Waals surface area (Å²) in [6.45, 7) is 4.29. The van der Waals surface area contributed by atoms with E-state index in [4.69, 9.17) is 0 Å². The molecule has 0 aliphatic heterocycles. The van der Waals surface area contributed by atoms with Gasteiger partial charge in [-0.3, -0.25) is 0 Å². The zero-order chi connectivity index (χ0) is 13.4. The van der Waals surface area contributed by atoms with E-state index in [2.05, 4.69) is 13.8 Å². The summed E-state index contributed by atoms with van der Waals surface area (Å²) in [4.78, 5) is 0. The van der Waals surface area contributed by atoms with Crippen LogP contribution in [0.15, 0.2) is 18.2 Å². The Hall–Kier alpha value is -0.490. The van der Waals surface area contributed by atoms with E-state index in [0.29, 0.717) is 5.30 Å². The topological polar surface area (TPSA) is 0 Å². The van der Waals surface area contributed by atoms with Gasteiger partial charge in [0.05, 0.1) is 0 Å². The quantitative estimate of drug-likeness (QED) is 0.458. The first-order chi connectivity index (χ1) is 8.70. The predicted octanol–water partition coefficient (Wildman–Crippen LogP) is 5.06. The Morgan fingerprint density at radius 3 is 2.39 bits per heavy atom. The number of unbranched alkanes of at least 4 members (excludes halogenated alkanes) is 3. The molecule has 0 heterocycles. The molecule has 1 unspecified atom stereocenters. The fourth-order valence-corrected chi connectivity index (χ4v) is 4.62. The minimum Gasteiger partial charge on any atom is -0.204 e. The Balaban J connectivity index is 2.68. The summed E-state index contributed by atoms with van der Waals surface area (Å²) in [6.07, 6.45) is 7.85. The molecule has 0 N–H and O–H groups in total. The van der Waals surface area contributed by atoms with Gasteiger partial charge < -0.3 is 0 Å². The van der Waals surface area contributed by atoms with E-state index in [1.165, 1.54) is 25.3 Å². The van der Waals surface area contributed by atoms with Crippen molar-refractivity contribution in [3.63, 3.8) is 0 Å². The molecular formula is C15H23F2P. The fraction of sp³-hybridized carbons (Fsp3) is 0.600. The van der Waals surface area contributed by atoms with Gasteiger partial charge in [0.2, 0.25) is 0 Å². The predicted molar refractivity (Wildman–Crippen MR) is 77.1 cm³/mol. The molecule has 0 aliphatic rings. The van der Waals surface area contributed by atoms with Crippen LogP contribution in [0.2, 0.25) is 0 Å². The SMILES string of the molecule is CCCCCCP(CCC)c1cccc(F)c1F. The number of benzene rings is 1. The zero-order valence-electron chi connectivity index (χ0n) is 11.4. The Bertz CT molecular complexity index is 352. The summed E-state index contributed by atoms with van der Waals surface area (Å²) in [7, 11) is -0.525. The van der Waals surface area contributed by atoms with Crippen LogP contribution in [0.4, 0.5) is 8.78 Å². The molecule has 102 valence electrons. The van der Waals surface area contributed by atoms with Gasteiger partial charge in [-0.2, -0.15) is 0 Å². The first-order valence-electron chi connectivity index (χ1n) is 6.89. The van der Waals surface area contributed by atoms with Crippen LogP contribution < -0.4 is 5.30 Å². The largest absolute Gasteiger partial charge is 0.204 e. The van der Waals surface area contributed by atoms with Gasteiger partial charge in [0.25, 0.3) is 0 Å². The number of halogens is 2. The first kappa shape index (κ1) is 15.6. The molecule has 0 bridgehead atoms. The lowest BCUT2D eigenvalue weighted by molar-refractivity contribution is 0.514. The molecule has 18 heavy (non-hydrogen) atoms. The highest BCUT2D eigenvalue weighted by molar-refractivity contribution is 7.65. The van der Waals surface area contributed by atoms with Crippen LogP contribution in [0.5, 0.6) is 0 Å². The van der Waals surface area contributed by atoms with Gasteiger partial charge >= 0.3 is 0 Å². The highest BCUT2D eigenvalue weighted by Crippen LogP contribution is 2.37. The molecule has 0 saturated carbocycles. The lowest BCUT2D eigenvalue weighted by Crippen LogP contribution is -2.12. The molecule has 1 aromatic carbocycles. The van der Waals surface area contributed by atoms with Gasteiger partial charge in [-0.1, -0.05) is 59.6 Å². The van der Waals surface area contributed by atoms with Crippen molar-refractivity contribution in [3.8, 4) is 0 Å². The van der Waals surface area contributed by atoms with Crippen molar-refractivity contribution in [1.29, 1.82) is 0 Å². The summed E-state index contributed by atoms with van der Waals surface area (Å²) >= 11 is 0. The van der Waals surface area contributed by atoms with Crippen LogP contribution >= 0.6 is 7.92 Å². The third-order valence-corrected chi connectivity index (χ3v) is 5.92. The normalized spacial score (nSPS) is 12.7. The van der Waals surface area contributed by atoms with Gasteiger partial charge in [-0.25, -0.2) is 8.78 Å². The summed E-state index contributed by atoms with van der Waals surface area (Å²) in [6, 6.07) is 4.60. The molecule has 0 nitrogen and oxygen atoms in total. The van der Waals surface area contributed by atoms with Crippen LogP contribution in [-0.2, 0) is 0 Å². The van der Waals surface area contributed by atoms with Crippen LogP contribution in [0.3, 0.4) is 0 Å². The van der Waals surface area contributed by atoms with Crippen molar-refractivity contribution in [1.82, 2.24) is 0 Å². The van der Waals surface area contributed by atoms with E-state index >= 15 is 0 Å². The average Bonchev–Trinajstić information content (AvgIpc) is 2.37. The van der Waals surface area contributed by atoms with Gasteiger partial charge in [0.15, 0.2) is 11.6 Å². The molecular weight excluding hydrogens is 249 g/mol. The minimum absolute atomic E-state index is 0.525. The molecule has 0 spiro atoms. The third-order valence-electron chi connectivity index (χ3n) is 3.05. The lowest BCUT2D eigenvalue weighted by Gasteiger charge is -2.18. The molecule has 3 heteroatoms. The molecule has 1 atom stereocenters. The highest BCUT2D eigenvalue weighted by atomic mass is 31.1. The first-order valence-corrected chi connectivity index (χ1v) is 8.60. The zero-order valence-corrected chi connectivity index (χ0v) is 12.3. The van der Waals surface area contributed by atoms with Crippen molar-refractivity contribution in [2.75, 3.05) is 12.3 Å². The standard InChI is InChI=1S/C15H23F2P/c1-3-5-6-7-12-18(11-4-2)14-10-8-9-13(16)15(14)17/h8-10H,3-7,11-12H2,1-2H3. The summed E-state index contributed by atoms with van der Waals surface area (Å²) < 4.78 is 27.0. The second-order valence-electron chi connectivity index (χ2n) is 4.62. The van der Waals surface area contributed by atoms with E-state index in [1.807, 2.05) is 0 Å². The fourth-order valence-electron chi connectivity index (χ4n) is 2.09. The molecule has 0 saturated heterocycles. The molecule has 0 aromatic heterocycles. The Morgan fingerprint density at radius 1 is 0.944 bits per heavy atom. The van der Waals surface area contributed by atoms with E-state index in [9.17, 15) is 8.78 Å². The second kappa shape index (κ2) is 8.58. The van der Waals surface area contributed by atoms with Crippen LogP contribution in [0, 0.1) is 11.6 Å². The van der Waals surface area contributed by atoms with Crippen LogP contribution in [-0.4, -0.2) is 12.3 Å². The summed E-state index contributed by atoms with van der Waals surface area (Å²) in [5, 5.41) is 0.628. The Morgan fingerprint density at radius 2 is 1.72 bits per heavy atom. The van der Waals surface area contributed by atoms with Crippen molar-refractivity contribution >= 4 is 13.2 Å². The van der Waals surface area contributed by atoms with E-state index in [0.717, 1.165) is 25.2 Å². The lowest BCUT2D eigenvalue weighted by atomic mass is 10.2. The maximum Gasteiger partial charge on any atom is 0.166 e. The molecule has 1 rings (SSSR count). The van der Waals surface area contributed by atoms with Crippen molar-refractivity contribution in [2.24, 2.45) is 0 Å². The number of hydrogen-bond donors (Lipinski definition) is 0. The van der Waals surface area contributed by atoms with Gasteiger partial charge in [0, 0.05) is 5.30 Å². The van der Waals surface area contributed by atoms with Crippen molar-refractivity contribution < 1.29 is 8.78 Å². The van der Waals surface area contributed by atoms with E-state index in [1.54, 1.807) is 12.1 Å². The minimum atomic E-state index is -0.704. The maximum absolute atomic E-state index is 13.8. The molecule has 1 aromatic rings. The van der Waals surface area contributed by atoms with Gasteiger partial charge in [0.1, 0.15) is 0 Å². The second-order valence-corrected chi connectivity index (χ2v) is 7.08. The summed E-state index contributed by atoms with van der Waals surface area (Å²) in [5.74, 6) is -1.32. The number of rotatable bonds is 8. The molecule has 0 aliphatic carbocycles. The van der Waals surface area contributed by atoms with Gasteiger partial charge in [-0.15, -0.1) is 0 Å². The average molecular weight is 272 g/mol. The van der Waals surface area contributed by atoms with Crippen LogP contribution in [0.25, 0.3) is 0 Å². The van der Waals surface area contributed by atoms with Crippen molar-refractivity contribution in [2.45, 2.75) is 46.0 Å². The monoisotopic (exact) mass is 272 g/mol. The smallest absolute Gasteiger partial charge is 0.166 e. The van der Waals surface area contributed by atoms with Gasteiger partial charge in [-0.05, 0) is 24.8 Å². The van der Waals surface area contributed by atoms with Crippen molar-refractivity contribution in [3.05, 3.63) is 29.8 Å². The van der Waals surface area contributed by atoms with Crippen LogP contribution in [0.1, 0.15) is 46.0 Å². The summed E-state index contributed by atoms with van der Waals surface area (Å²) in [5.41, 5.74) is 0. The maximum atomic E-state index is 13.8. The molecule has 0 radical (unpaired) electrons. The molecule has 0 fully saturated rings. The van der Waals surface area contributed by atoms with E-state index in [-0.39, 0.29) is 0 Å². The Kier molecular flexibility index (Phi) is 7.42. The Labute approximate surface area is 111 Å². The highest BCUT2D eigenvalue weighted by Gasteiger charge is 2.16.